The number of ether oxygens (including phenoxy) is 1. The van der Waals surface area contributed by atoms with Crippen molar-refractivity contribution in [3.05, 3.63) is 144 Å². The molecule has 0 spiro atoms. The normalized spacial score (nSPS) is 13.9. The number of benzene rings is 4. The van der Waals surface area contributed by atoms with Gasteiger partial charge in [0.2, 0.25) is 0 Å². The van der Waals surface area contributed by atoms with E-state index in [9.17, 15) is 4.79 Å². The molecule has 0 bridgehead atoms. The number of carbonyl (C=O) groups excluding carboxylic acids is 1. The van der Waals surface area contributed by atoms with E-state index in [4.69, 9.17) is 4.74 Å². The average Bonchev–Trinajstić information content (AvgIpc) is 3.00. The van der Waals surface area contributed by atoms with Crippen LogP contribution in [0.2, 0.25) is 0 Å². The number of nitrogens with zero attached hydrogens (tertiary/aromatic N) is 2. The summed E-state index contributed by atoms with van der Waals surface area (Å²) in [6.07, 6.45) is 1.19. The third-order valence-electron chi connectivity index (χ3n) is 8.00. The maximum absolute atomic E-state index is 13.7. The van der Waals surface area contributed by atoms with Gasteiger partial charge in [-0.1, -0.05) is 128 Å². The van der Waals surface area contributed by atoms with Crippen LogP contribution in [-0.4, -0.2) is 33.5 Å². The molecule has 4 aromatic rings. The fraction of sp³-hybridized carbons (Fsp3) is 0.359. The molecule has 0 aliphatic rings. The molecule has 4 rings (SSSR count). The zero-order valence-electron chi connectivity index (χ0n) is 26.5. The predicted octanol–water partition coefficient (Wildman–Crippen LogP) is 8.83. The molecule has 4 heteroatoms. The highest BCUT2D eigenvalue weighted by molar-refractivity contribution is 5.70. The zero-order valence-corrected chi connectivity index (χ0v) is 26.5. The van der Waals surface area contributed by atoms with Gasteiger partial charge in [0.1, 0.15) is 5.60 Å². The summed E-state index contributed by atoms with van der Waals surface area (Å²) in [5, 5.41) is 0. The van der Waals surface area contributed by atoms with E-state index in [2.05, 4.69) is 145 Å². The molecule has 226 valence electrons. The third kappa shape index (κ3) is 9.91. The number of hydrogen-bond acceptors (Lipinski definition) is 4. The molecule has 4 nitrogen and oxygen atoms in total. The topological polar surface area (TPSA) is 32.8 Å². The van der Waals surface area contributed by atoms with E-state index in [0.29, 0.717) is 6.42 Å². The van der Waals surface area contributed by atoms with Crippen LogP contribution in [0.5, 0.6) is 0 Å². The molecule has 0 N–H and O–H groups in total. The van der Waals surface area contributed by atoms with Gasteiger partial charge in [-0.15, -0.1) is 0 Å². The molecule has 0 saturated heterocycles. The van der Waals surface area contributed by atoms with Crippen LogP contribution < -0.4 is 0 Å². The number of carbonyl (C=O) groups is 1. The monoisotopic (exact) mass is 576 g/mol. The zero-order chi connectivity index (χ0) is 30.7. The molecule has 0 amide bonds. The summed E-state index contributed by atoms with van der Waals surface area (Å²) >= 11 is 0. The lowest BCUT2D eigenvalue weighted by atomic mass is 9.93. The highest BCUT2D eigenvalue weighted by Gasteiger charge is 2.36. The Balaban J connectivity index is 1.80. The first kappa shape index (κ1) is 32.2. The second-order valence-electron chi connectivity index (χ2n) is 12.5. The molecule has 0 unspecified atom stereocenters. The number of esters is 1. The van der Waals surface area contributed by atoms with Crippen LogP contribution in [-0.2, 0) is 29.2 Å². The molecule has 3 atom stereocenters. The van der Waals surface area contributed by atoms with Crippen molar-refractivity contribution in [1.29, 1.82) is 0 Å². The Hall–Kier alpha value is -3.73. The summed E-state index contributed by atoms with van der Waals surface area (Å²) in [5.74, 6) is -0.159. The first-order valence-electron chi connectivity index (χ1n) is 15.6. The molecular weight excluding hydrogens is 528 g/mol. The minimum absolute atomic E-state index is 0.0817. The number of rotatable bonds is 14. The number of hydrogen-bond donors (Lipinski definition) is 0. The molecule has 4 aromatic carbocycles. The quantitative estimate of drug-likeness (QED) is 0.140. The van der Waals surface area contributed by atoms with Crippen LogP contribution in [0.4, 0.5) is 0 Å². The van der Waals surface area contributed by atoms with Crippen LogP contribution in [0.25, 0.3) is 0 Å². The van der Waals surface area contributed by atoms with Crippen molar-refractivity contribution in [3.8, 4) is 0 Å². The van der Waals surface area contributed by atoms with Crippen molar-refractivity contribution < 1.29 is 9.53 Å². The Bertz CT molecular complexity index is 1310. The van der Waals surface area contributed by atoms with Crippen molar-refractivity contribution in [2.75, 3.05) is 0 Å². The summed E-state index contributed by atoms with van der Waals surface area (Å²) in [5.41, 5.74) is 4.44. The highest BCUT2D eigenvalue weighted by Crippen LogP contribution is 2.32. The van der Waals surface area contributed by atoms with Crippen molar-refractivity contribution in [2.24, 2.45) is 0 Å². The largest absolute Gasteiger partial charge is 0.460 e. The molecule has 0 radical (unpaired) electrons. The molecule has 0 fully saturated rings. The van der Waals surface area contributed by atoms with Gasteiger partial charge in [0.05, 0.1) is 6.42 Å². The van der Waals surface area contributed by atoms with E-state index in [1.165, 1.54) is 22.3 Å². The van der Waals surface area contributed by atoms with Crippen molar-refractivity contribution in [3.63, 3.8) is 0 Å². The summed E-state index contributed by atoms with van der Waals surface area (Å²) in [6.45, 7) is 12.7. The standard InChI is InChI=1S/C39H48N2O2/c1-6-36(40(28-32-19-11-7-12-20-32)29-33-21-13-8-14-22-33)37(27-38(42)43-39(3,4)5)41(30-34-23-15-9-16-24-34)31(2)35-25-17-10-18-26-35/h7-26,31,36-37H,6,27-30H2,1-5H3/t31-,36+,37+/m1/s1. The second kappa shape index (κ2) is 15.7. The van der Waals surface area contributed by atoms with E-state index in [1.807, 2.05) is 20.8 Å². The Kier molecular flexibility index (Phi) is 11.7. The van der Waals surface area contributed by atoms with Gasteiger partial charge < -0.3 is 4.74 Å². The second-order valence-corrected chi connectivity index (χ2v) is 12.5. The highest BCUT2D eigenvalue weighted by atomic mass is 16.6. The molecule has 0 saturated carbocycles. The Morgan fingerprint density at radius 2 is 1.07 bits per heavy atom. The maximum Gasteiger partial charge on any atom is 0.307 e. The fourth-order valence-corrected chi connectivity index (χ4v) is 5.99. The van der Waals surface area contributed by atoms with E-state index >= 15 is 0 Å². The van der Waals surface area contributed by atoms with Crippen LogP contribution >= 0.6 is 0 Å². The molecular formula is C39H48N2O2. The summed E-state index contributed by atoms with van der Waals surface area (Å²) < 4.78 is 5.98. The lowest BCUT2D eigenvalue weighted by Gasteiger charge is -2.45. The van der Waals surface area contributed by atoms with Crippen LogP contribution in [0.3, 0.4) is 0 Å². The van der Waals surface area contributed by atoms with Crippen molar-refractivity contribution in [2.45, 2.75) is 90.8 Å². The van der Waals surface area contributed by atoms with Crippen molar-refractivity contribution >= 4 is 5.97 Å². The average molecular weight is 577 g/mol. The Labute approximate surface area is 259 Å². The molecule has 0 aliphatic carbocycles. The van der Waals surface area contributed by atoms with Gasteiger partial charge in [-0.3, -0.25) is 14.6 Å². The summed E-state index contributed by atoms with van der Waals surface area (Å²) in [7, 11) is 0. The van der Waals surface area contributed by atoms with Gasteiger partial charge in [-0.25, -0.2) is 0 Å². The van der Waals surface area contributed by atoms with E-state index in [-0.39, 0.29) is 24.1 Å². The summed E-state index contributed by atoms with van der Waals surface area (Å²) in [6, 6.07) is 42.7. The maximum atomic E-state index is 13.7. The van der Waals surface area contributed by atoms with Gasteiger partial charge in [-0.2, -0.15) is 0 Å². The molecule has 0 heterocycles. The van der Waals surface area contributed by atoms with Crippen LogP contribution in [0, 0.1) is 0 Å². The first-order valence-corrected chi connectivity index (χ1v) is 15.6. The third-order valence-corrected chi connectivity index (χ3v) is 8.00. The lowest BCUT2D eigenvalue weighted by molar-refractivity contribution is -0.157. The van der Waals surface area contributed by atoms with Gasteiger partial charge in [0.15, 0.2) is 0 Å². The van der Waals surface area contributed by atoms with Gasteiger partial charge in [0, 0.05) is 37.8 Å². The van der Waals surface area contributed by atoms with Gasteiger partial charge in [0.25, 0.3) is 0 Å². The smallest absolute Gasteiger partial charge is 0.307 e. The first-order chi connectivity index (χ1) is 20.7. The Morgan fingerprint density at radius 3 is 1.49 bits per heavy atom. The molecule has 0 aliphatic heterocycles. The minimum Gasteiger partial charge on any atom is -0.460 e. The molecule has 43 heavy (non-hydrogen) atoms. The van der Waals surface area contributed by atoms with Crippen molar-refractivity contribution in [1.82, 2.24) is 9.80 Å². The van der Waals surface area contributed by atoms with Crippen LogP contribution in [0.15, 0.2) is 121 Å². The van der Waals surface area contributed by atoms with Crippen LogP contribution in [0.1, 0.15) is 75.8 Å². The van der Waals surface area contributed by atoms with E-state index < -0.39 is 5.60 Å². The minimum atomic E-state index is -0.549. The Morgan fingerprint density at radius 1 is 0.651 bits per heavy atom. The lowest BCUT2D eigenvalue weighted by Crippen LogP contribution is -2.53. The fourth-order valence-electron chi connectivity index (χ4n) is 5.99. The van der Waals surface area contributed by atoms with E-state index in [1.54, 1.807) is 0 Å². The van der Waals surface area contributed by atoms with E-state index in [0.717, 1.165) is 26.1 Å². The SMILES string of the molecule is CC[C@@H]([C@H](CC(=O)OC(C)(C)C)N(Cc1ccccc1)[C@H](C)c1ccccc1)N(Cc1ccccc1)Cc1ccccc1. The summed E-state index contributed by atoms with van der Waals surface area (Å²) in [4.78, 5) is 18.8. The predicted molar refractivity (Wildman–Crippen MR) is 177 cm³/mol. The van der Waals surface area contributed by atoms with Gasteiger partial charge >= 0.3 is 5.97 Å². The molecule has 0 aromatic heterocycles. The van der Waals surface area contributed by atoms with Gasteiger partial charge in [-0.05, 0) is 56.4 Å².